The summed E-state index contributed by atoms with van der Waals surface area (Å²) >= 11 is 0. The van der Waals surface area contributed by atoms with Gasteiger partial charge in [0.1, 0.15) is 18.1 Å². The van der Waals surface area contributed by atoms with Gasteiger partial charge in [-0.25, -0.2) is 0 Å². The van der Waals surface area contributed by atoms with E-state index in [0.717, 1.165) is 12.0 Å². The first-order chi connectivity index (χ1) is 14.2. The summed E-state index contributed by atoms with van der Waals surface area (Å²) in [6.45, 7) is 1.33. The van der Waals surface area contributed by atoms with E-state index in [0.29, 0.717) is 13.1 Å². The minimum atomic E-state index is -0.686. The van der Waals surface area contributed by atoms with Crippen LogP contribution in [-0.2, 0) is 32.1 Å². The Balaban J connectivity index is 1.28. The highest BCUT2D eigenvalue weighted by Gasteiger charge is 2.67. The molecule has 148 valence electrons. The highest BCUT2D eigenvalue weighted by Crippen LogP contribution is 2.52. The number of esters is 1. The lowest BCUT2D eigenvalue weighted by molar-refractivity contribution is -0.155. The van der Waals surface area contributed by atoms with Crippen molar-refractivity contribution >= 4 is 11.9 Å². The summed E-state index contributed by atoms with van der Waals surface area (Å²) in [4.78, 5) is 27.9. The predicted molar refractivity (Wildman–Crippen MR) is 107 cm³/mol. The molecule has 29 heavy (non-hydrogen) atoms. The Morgan fingerprint density at radius 1 is 1.07 bits per heavy atom. The molecule has 0 radical (unpaired) electrons. The molecule has 0 aliphatic carbocycles. The van der Waals surface area contributed by atoms with Gasteiger partial charge < -0.3 is 14.4 Å². The van der Waals surface area contributed by atoms with Crippen LogP contribution in [0.5, 0.6) is 0 Å². The van der Waals surface area contributed by atoms with Crippen LogP contribution in [0.2, 0.25) is 0 Å². The van der Waals surface area contributed by atoms with Crippen molar-refractivity contribution in [2.75, 3.05) is 13.1 Å². The minimum Gasteiger partial charge on any atom is -0.460 e. The molecular weight excluding hydrogens is 366 g/mol. The van der Waals surface area contributed by atoms with Crippen molar-refractivity contribution in [2.45, 2.75) is 24.7 Å². The SMILES string of the molecule is O=C(OCc1ccccc1)C1[C@@H]2C=C[C@]3(CN(CCc4ccccc4)C(=O)[C@H]13)O2. The Hall–Kier alpha value is -2.92. The molecular formula is C24H23NO4. The van der Waals surface area contributed by atoms with Gasteiger partial charge in [0.2, 0.25) is 5.91 Å². The number of ether oxygens (including phenoxy) is 2. The lowest BCUT2D eigenvalue weighted by Gasteiger charge is -2.22. The smallest absolute Gasteiger partial charge is 0.313 e. The highest BCUT2D eigenvalue weighted by molar-refractivity contribution is 5.91. The molecule has 0 saturated carbocycles. The molecule has 3 aliphatic heterocycles. The molecule has 1 unspecified atom stereocenters. The summed E-state index contributed by atoms with van der Waals surface area (Å²) in [5.74, 6) is -1.42. The zero-order valence-corrected chi connectivity index (χ0v) is 16.1. The van der Waals surface area contributed by atoms with Crippen molar-refractivity contribution in [1.82, 2.24) is 4.90 Å². The Morgan fingerprint density at radius 2 is 1.76 bits per heavy atom. The van der Waals surface area contributed by atoms with Gasteiger partial charge in [-0.05, 0) is 17.5 Å². The first-order valence-electron chi connectivity index (χ1n) is 10.1. The molecule has 0 N–H and O–H groups in total. The molecule has 3 aliphatic rings. The van der Waals surface area contributed by atoms with Crippen LogP contribution >= 0.6 is 0 Å². The third kappa shape index (κ3) is 3.15. The maximum atomic E-state index is 13.2. The zero-order chi connectivity index (χ0) is 19.8. The minimum absolute atomic E-state index is 0.00515. The average Bonchev–Trinajstić information content (AvgIpc) is 3.40. The first kappa shape index (κ1) is 18.1. The Labute approximate surface area is 169 Å². The maximum Gasteiger partial charge on any atom is 0.313 e. The summed E-state index contributed by atoms with van der Waals surface area (Å²) in [7, 11) is 0. The van der Waals surface area contributed by atoms with E-state index in [9.17, 15) is 9.59 Å². The van der Waals surface area contributed by atoms with Crippen molar-refractivity contribution in [1.29, 1.82) is 0 Å². The second kappa shape index (κ2) is 7.16. The van der Waals surface area contributed by atoms with Crippen LogP contribution in [0.15, 0.2) is 72.8 Å². The Bertz CT molecular complexity index is 942. The van der Waals surface area contributed by atoms with Crippen molar-refractivity contribution in [2.24, 2.45) is 11.8 Å². The van der Waals surface area contributed by atoms with E-state index in [4.69, 9.17) is 9.47 Å². The molecule has 5 rings (SSSR count). The monoisotopic (exact) mass is 389 g/mol. The normalized spacial score (nSPS) is 29.3. The maximum absolute atomic E-state index is 13.2. The van der Waals surface area contributed by atoms with Crippen molar-refractivity contribution in [3.05, 3.63) is 83.9 Å². The molecule has 1 spiro atoms. The molecule has 1 amide bonds. The second-order valence-corrected chi connectivity index (χ2v) is 7.99. The molecule has 2 aromatic rings. The lowest BCUT2D eigenvalue weighted by atomic mass is 9.77. The van der Waals surface area contributed by atoms with Gasteiger partial charge >= 0.3 is 5.97 Å². The fourth-order valence-electron chi connectivity index (χ4n) is 4.77. The molecule has 4 atom stereocenters. The highest BCUT2D eigenvalue weighted by atomic mass is 16.6. The Kier molecular flexibility index (Phi) is 4.47. The molecule has 0 aromatic heterocycles. The molecule has 2 saturated heterocycles. The molecule has 2 aromatic carbocycles. The first-order valence-corrected chi connectivity index (χ1v) is 10.1. The van der Waals surface area contributed by atoms with E-state index in [-0.39, 0.29) is 24.6 Å². The molecule has 2 fully saturated rings. The second-order valence-electron chi connectivity index (χ2n) is 7.99. The van der Waals surface area contributed by atoms with Gasteiger partial charge in [0.25, 0.3) is 0 Å². The van der Waals surface area contributed by atoms with E-state index in [1.807, 2.05) is 65.6 Å². The predicted octanol–water partition coefficient (Wildman–Crippen LogP) is 2.75. The number of rotatable bonds is 6. The van der Waals surface area contributed by atoms with Crippen LogP contribution in [-0.4, -0.2) is 41.6 Å². The van der Waals surface area contributed by atoms with E-state index in [1.54, 1.807) is 0 Å². The van der Waals surface area contributed by atoms with Gasteiger partial charge in [0.15, 0.2) is 0 Å². The van der Waals surface area contributed by atoms with Gasteiger partial charge in [-0.2, -0.15) is 0 Å². The number of likely N-dealkylation sites (tertiary alicyclic amines) is 1. The van der Waals surface area contributed by atoms with Gasteiger partial charge in [-0.1, -0.05) is 72.8 Å². The number of carbonyl (C=O) groups is 2. The van der Waals surface area contributed by atoms with Crippen molar-refractivity contribution in [3.8, 4) is 0 Å². The topological polar surface area (TPSA) is 55.8 Å². The van der Waals surface area contributed by atoms with Crippen LogP contribution in [0, 0.1) is 11.8 Å². The fraction of sp³-hybridized carbons (Fsp3) is 0.333. The van der Waals surface area contributed by atoms with Gasteiger partial charge in [-0.15, -0.1) is 0 Å². The van der Waals surface area contributed by atoms with Crippen LogP contribution in [0.3, 0.4) is 0 Å². The summed E-state index contributed by atoms with van der Waals surface area (Å²) in [6.07, 6.45) is 4.30. The quantitative estimate of drug-likeness (QED) is 0.563. The number of nitrogens with zero attached hydrogens (tertiary/aromatic N) is 1. The van der Waals surface area contributed by atoms with E-state index < -0.39 is 17.4 Å². The van der Waals surface area contributed by atoms with Gasteiger partial charge in [-0.3, -0.25) is 9.59 Å². The molecule has 5 heteroatoms. The van der Waals surface area contributed by atoms with Crippen LogP contribution < -0.4 is 0 Å². The van der Waals surface area contributed by atoms with Crippen molar-refractivity contribution in [3.63, 3.8) is 0 Å². The third-order valence-corrected chi connectivity index (χ3v) is 6.19. The molecule has 3 heterocycles. The Morgan fingerprint density at radius 3 is 2.48 bits per heavy atom. The lowest BCUT2D eigenvalue weighted by Crippen LogP contribution is -2.40. The number of benzene rings is 2. The average molecular weight is 389 g/mol. The summed E-state index contributed by atoms with van der Waals surface area (Å²) in [5, 5.41) is 0. The largest absolute Gasteiger partial charge is 0.460 e. The summed E-state index contributed by atoms with van der Waals surface area (Å²) < 4.78 is 11.7. The number of carbonyl (C=O) groups excluding carboxylic acids is 2. The van der Waals surface area contributed by atoms with E-state index in [1.165, 1.54) is 5.56 Å². The van der Waals surface area contributed by atoms with Gasteiger partial charge in [0, 0.05) is 6.54 Å². The van der Waals surface area contributed by atoms with E-state index in [2.05, 4.69) is 12.1 Å². The van der Waals surface area contributed by atoms with Crippen LogP contribution in [0.4, 0.5) is 0 Å². The van der Waals surface area contributed by atoms with Crippen LogP contribution in [0.25, 0.3) is 0 Å². The standard InChI is InChI=1S/C24H23NO4/c26-22-21-20(23(27)28-15-18-9-5-2-6-10-18)19-11-13-24(21,29-19)16-25(22)14-12-17-7-3-1-4-8-17/h1-11,13,19-21H,12,14-16H2/t19-,20?,21-,24+/m0/s1. The molecule has 2 bridgehead atoms. The van der Waals surface area contributed by atoms with E-state index >= 15 is 0 Å². The number of hydrogen-bond acceptors (Lipinski definition) is 4. The summed E-state index contributed by atoms with van der Waals surface area (Å²) in [5.41, 5.74) is 1.43. The molecule has 5 nitrogen and oxygen atoms in total. The van der Waals surface area contributed by atoms with Crippen LogP contribution in [0.1, 0.15) is 11.1 Å². The third-order valence-electron chi connectivity index (χ3n) is 6.19. The fourth-order valence-corrected chi connectivity index (χ4v) is 4.77. The number of hydrogen-bond donors (Lipinski definition) is 0. The van der Waals surface area contributed by atoms with Crippen molar-refractivity contribution < 1.29 is 19.1 Å². The number of amides is 1. The summed E-state index contributed by atoms with van der Waals surface area (Å²) in [6, 6.07) is 19.7. The zero-order valence-electron chi connectivity index (χ0n) is 16.1. The number of fused-ring (bicyclic) bond motifs is 1. The van der Waals surface area contributed by atoms with Gasteiger partial charge in [0.05, 0.1) is 18.6 Å².